The van der Waals surface area contributed by atoms with Crippen molar-refractivity contribution in [2.24, 2.45) is 5.92 Å². The number of ether oxygens (including phenoxy) is 1. The van der Waals surface area contributed by atoms with Gasteiger partial charge in [-0.2, -0.15) is 0 Å². The first-order chi connectivity index (χ1) is 13.2. The van der Waals surface area contributed by atoms with E-state index in [4.69, 9.17) is 4.74 Å². The van der Waals surface area contributed by atoms with Crippen molar-refractivity contribution >= 4 is 11.1 Å². The van der Waals surface area contributed by atoms with E-state index in [1.807, 2.05) is 0 Å². The van der Waals surface area contributed by atoms with Crippen LogP contribution >= 0.6 is 0 Å². The molecule has 1 N–H and O–H groups in total. The second-order valence-corrected chi connectivity index (χ2v) is 9.26. The highest BCUT2D eigenvalue weighted by Gasteiger charge is 2.20. The van der Waals surface area contributed by atoms with Crippen molar-refractivity contribution in [3.8, 4) is 5.75 Å². The van der Waals surface area contributed by atoms with E-state index in [-0.39, 0.29) is 5.75 Å². The highest BCUT2D eigenvalue weighted by molar-refractivity contribution is 7.79. The van der Waals surface area contributed by atoms with E-state index < -0.39 is 11.1 Å². The molecule has 0 aromatic heterocycles. The molecule has 0 saturated heterocycles. The second-order valence-electron chi connectivity index (χ2n) is 8.24. The average Bonchev–Trinajstić information content (AvgIpc) is 3.18. The van der Waals surface area contributed by atoms with Crippen LogP contribution in [-0.4, -0.2) is 33.2 Å². The van der Waals surface area contributed by atoms with Crippen molar-refractivity contribution in [2.45, 2.75) is 82.8 Å². The molecule has 0 amide bonds. The third-order valence-corrected chi connectivity index (χ3v) is 6.76. The summed E-state index contributed by atoms with van der Waals surface area (Å²) in [7, 11) is 0. The minimum Gasteiger partial charge on any atom is -0.772 e. The van der Waals surface area contributed by atoms with Crippen molar-refractivity contribution in [1.29, 1.82) is 0 Å². The molecule has 27 heavy (non-hydrogen) atoms. The van der Waals surface area contributed by atoms with Gasteiger partial charge in [-0.15, -0.1) is 0 Å². The van der Waals surface area contributed by atoms with Crippen LogP contribution in [0.5, 0.6) is 5.75 Å². The van der Waals surface area contributed by atoms with Gasteiger partial charge in [0, 0.05) is 11.8 Å². The van der Waals surface area contributed by atoms with E-state index in [0.717, 1.165) is 31.1 Å². The lowest BCUT2D eigenvalue weighted by atomic mass is 9.82. The third-order valence-electron chi connectivity index (χ3n) is 6.14. The van der Waals surface area contributed by atoms with Crippen LogP contribution in [0.15, 0.2) is 24.3 Å². The number of hydrogen-bond donors (Lipinski definition) is 1. The van der Waals surface area contributed by atoms with E-state index in [0.29, 0.717) is 12.1 Å². The average molecular weight is 393 g/mol. The zero-order valence-electron chi connectivity index (χ0n) is 16.4. The van der Waals surface area contributed by atoms with Crippen molar-refractivity contribution in [1.82, 2.24) is 5.32 Å². The fraction of sp³-hybridized carbons (Fsp3) is 0.727. The summed E-state index contributed by atoms with van der Waals surface area (Å²) in [5, 5.41) is 3.52. The van der Waals surface area contributed by atoms with Crippen molar-refractivity contribution in [2.75, 3.05) is 12.3 Å². The van der Waals surface area contributed by atoms with Crippen LogP contribution in [0.1, 0.15) is 69.8 Å². The van der Waals surface area contributed by atoms with Crippen LogP contribution in [0.25, 0.3) is 0 Å². The largest absolute Gasteiger partial charge is 0.772 e. The Morgan fingerprint density at radius 1 is 1.04 bits per heavy atom. The Hall–Kier alpha value is -0.910. The highest BCUT2D eigenvalue weighted by Crippen LogP contribution is 2.29. The maximum absolute atomic E-state index is 10.5. The molecular weight excluding hydrogens is 358 g/mol. The summed E-state index contributed by atoms with van der Waals surface area (Å²) >= 11 is -1.90. The van der Waals surface area contributed by atoms with Crippen molar-refractivity contribution in [3.05, 3.63) is 29.8 Å². The number of hydrogen-bond acceptors (Lipinski definition) is 4. The topological polar surface area (TPSA) is 61.4 Å². The predicted molar refractivity (Wildman–Crippen MR) is 110 cm³/mol. The van der Waals surface area contributed by atoms with Gasteiger partial charge in [0.25, 0.3) is 0 Å². The smallest absolute Gasteiger partial charge is 0.119 e. The summed E-state index contributed by atoms with van der Waals surface area (Å²) in [4.78, 5) is 0. The van der Waals surface area contributed by atoms with Crippen molar-refractivity contribution in [3.63, 3.8) is 0 Å². The molecule has 0 spiro atoms. The Kier molecular flexibility index (Phi) is 8.62. The molecule has 0 aliphatic heterocycles. The third kappa shape index (κ3) is 7.55. The second kappa shape index (κ2) is 11.2. The fourth-order valence-corrected chi connectivity index (χ4v) is 4.84. The predicted octanol–water partition coefficient (Wildman–Crippen LogP) is 4.36. The van der Waals surface area contributed by atoms with Gasteiger partial charge in [0.2, 0.25) is 0 Å². The summed E-state index contributed by atoms with van der Waals surface area (Å²) in [5.41, 5.74) is 1.42. The van der Waals surface area contributed by atoms with E-state index >= 15 is 0 Å². The quantitative estimate of drug-likeness (QED) is 0.475. The monoisotopic (exact) mass is 392 g/mol. The summed E-state index contributed by atoms with van der Waals surface area (Å²) in [6.45, 7) is 0.818. The van der Waals surface area contributed by atoms with Crippen LogP contribution < -0.4 is 10.1 Å². The lowest BCUT2D eigenvalue weighted by Crippen LogP contribution is -2.34. The molecule has 2 aliphatic carbocycles. The zero-order chi connectivity index (χ0) is 18.9. The number of aryl methyl sites for hydroxylation is 1. The van der Waals surface area contributed by atoms with Gasteiger partial charge in [-0.3, -0.25) is 4.21 Å². The van der Waals surface area contributed by atoms with Gasteiger partial charge in [-0.1, -0.05) is 23.2 Å². The fourth-order valence-electron chi connectivity index (χ4n) is 4.46. The molecule has 1 aromatic rings. The molecule has 1 aromatic carbocycles. The SMILES string of the molecule is O=S([O-])CCCNC1CCC(CCc2ccc(OC3CCCC3)cc2)CC1. The Balaban J connectivity index is 1.30. The minimum atomic E-state index is -1.90. The Labute approximate surface area is 166 Å². The van der Waals surface area contributed by atoms with Gasteiger partial charge in [-0.25, -0.2) is 0 Å². The Morgan fingerprint density at radius 3 is 2.41 bits per heavy atom. The van der Waals surface area contributed by atoms with Crippen LogP contribution in [0.4, 0.5) is 0 Å². The van der Waals surface area contributed by atoms with Gasteiger partial charge in [0.1, 0.15) is 5.75 Å². The van der Waals surface area contributed by atoms with Crippen molar-refractivity contribution < 1.29 is 13.5 Å². The van der Waals surface area contributed by atoms with E-state index in [1.165, 1.54) is 63.4 Å². The molecule has 2 aliphatic rings. The zero-order valence-corrected chi connectivity index (χ0v) is 17.2. The van der Waals surface area contributed by atoms with E-state index in [9.17, 15) is 8.76 Å². The summed E-state index contributed by atoms with van der Waals surface area (Å²) in [5.74, 6) is 2.12. The summed E-state index contributed by atoms with van der Waals surface area (Å²) in [6.07, 6.45) is 13.6. The van der Waals surface area contributed by atoms with Crippen LogP contribution in [-0.2, 0) is 17.5 Å². The summed E-state index contributed by atoms with van der Waals surface area (Å²) < 4.78 is 27.1. The van der Waals surface area contributed by atoms with Crippen LogP contribution in [0.3, 0.4) is 0 Å². The molecule has 2 saturated carbocycles. The molecule has 0 heterocycles. The number of rotatable bonds is 10. The first kappa shape index (κ1) is 20.8. The number of nitrogens with one attached hydrogen (secondary N) is 1. The van der Waals surface area contributed by atoms with Gasteiger partial charge < -0.3 is 14.6 Å². The number of benzene rings is 1. The molecule has 3 rings (SSSR count). The summed E-state index contributed by atoms with van der Waals surface area (Å²) in [6, 6.07) is 9.33. The van der Waals surface area contributed by atoms with Gasteiger partial charge in [0.15, 0.2) is 0 Å². The Morgan fingerprint density at radius 2 is 1.74 bits per heavy atom. The molecular formula is C22H34NO3S-. The standard InChI is InChI=1S/C22H35NO3S/c24-27(25)17-3-16-23-20-12-8-18(9-13-20)6-7-19-10-14-22(15-11-19)26-21-4-1-2-5-21/h10-11,14-15,18,20-21,23H,1-9,12-13,16-17H2,(H,24,25)/p-1. The molecule has 2 fully saturated rings. The molecule has 1 atom stereocenters. The first-order valence-electron chi connectivity index (χ1n) is 10.7. The molecule has 0 bridgehead atoms. The minimum absolute atomic E-state index is 0.271. The molecule has 5 heteroatoms. The molecule has 4 nitrogen and oxygen atoms in total. The van der Waals surface area contributed by atoms with E-state index in [2.05, 4.69) is 29.6 Å². The molecule has 152 valence electrons. The molecule has 1 unspecified atom stereocenters. The first-order valence-corrected chi connectivity index (χ1v) is 12.0. The van der Waals surface area contributed by atoms with Crippen LogP contribution in [0.2, 0.25) is 0 Å². The van der Waals surface area contributed by atoms with Gasteiger partial charge >= 0.3 is 0 Å². The highest BCUT2D eigenvalue weighted by atomic mass is 32.2. The maximum atomic E-state index is 10.5. The maximum Gasteiger partial charge on any atom is 0.119 e. The normalized spacial score (nSPS) is 24.8. The van der Waals surface area contributed by atoms with Crippen LogP contribution in [0, 0.1) is 5.92 Å². The Bertz CT molecular complexity index is 563. The van der Waals surface area contributed by atoms with E-state index in [1.54, 1.807) is 0 Å². The lowest BCUT2D eigenvalue weighted by Gasteiger charge is -2.29. The lowest BCUT2D eigenvalue weighted by molar-refractivity contribution is 0.210. The van der Waals surface area contributed by atoms with Gasteiger partial charge in [-0.05, 0) is 101 Å². The molecule has 0 radical (unpaired) electrons. The van der Waals surface area contributed by atoms with Gasteiger partial charge in [0.05, 0.1) is 6.10 Å².